The molecule has 0 radical (unpaired) electrons. The molecule has 2 aliphatic rings. The van der Waals surface area contributed by atoms with Gasteiger partial charge in [0.25, 0.3) is 11.8 Å². The molecule has 0 saturated carbocycles. The number of hydrogen-bond acceptors (Lipinski definition) is 4. The Labute approximate surface area is 141 Å². The monoisotopic (exact) mass is 337 g/mol. The van der Waals surface area contributed by atoms with Crippen LogP contribution in [0.25, 0.3) is 0 Å². The van der Waals surface area contributed by atoms with Gasteiger partial charge < -0.3 is 10.6 Å². The van der Waals surface area contributed by atoms with E-state index in [1.807, 2.05) is 6.92 Å². The van der Waals surface area contributed by atoms with Crippen LogP contribution in [0.4, 0.5) is 0 Å². The van der Waals surface area contributed by atoms with Gasteiger partial charge in [-0.1, -0.05) is 11.6 Å². The molecule has 2 N–H and O–H groups in total. The molecule has 0 aromatic heterocycles. The molecule has 0 aliphatic carbocycles. The van der Waals surface area contributed by atoms with Gasteiger partial charge in [-0.15, -0.1) is 12.4 Å². The topological polar surface area (TPSA) is 78.5 Å². The summed E-state index contributed by atoms with van der Waals surface area (Å²) in [5, 5.41) is 6.06. The normalized spacial score (nSPS) is 19.5. The average molecular weight is 338 g/mol. The minimum absolute atomic E-state index is 0. The summed E-state index contributed by atoms with van der Waals surface area (Å²) in [6, 6.07) is 5.41. The van der Waals surface area contributed by atoms with Crippen LogP contribution in [0, 0.1) is 6.92 Å². The van der Waals surface area contributed by atoms with E-state index in [4.69, 9.17) is 0 Å². The molecule has 1 saturated heterocycles. The van der Waals surface area contributed by atoms with E-state index in [0.717, 1.165) is 29.8 Å². The smallest absolute Gasteiger partial charge is 0.262 e. The Morgan fingerprint density at radius 2 is 2.04 bits per heavy atom. The Balaban J connectivity index is 0.00000192. The summed E-state index contributed by atoms with van der Waals surface area (Å²) in [4.78, 5) is 37.5. The number of nitrogens with zero attached hydrogens (tertiary/aromatic N) is 1. The van der Waals surface area contributed by atoms with Crippen molar-refractivity contribution in [3.63, 3.8) is 0 Å². The Kier molecular flexibility index (Phi) is 5.38. The predicted molar refractivity (Wildman–Crippen MR) is 87.8 cm³/mol. The molecule has 1 aromatic carbocycles. The maximum atomic E-state index is 12.3. The molecular weight excluding hydrogens is 318 g/mol. The first-order valence-electron chi connectivity index (χ1n) is 7.53. The van der Waals surface area contributed by atoms with E-state index >= 15 is 0 Å². The van der Waals surface area contributed by atoms with Gasteiger partial charge in [0, 0.05) is 12.6 Å². The first-order valence-corrected chi connectivity index (χ1v) is 7.53. The van der Waals surface area contributed by atoms with Gasteiger partial charge in [0.15, 0.2) is 0 Å². The van der Waals surface area contributed by atoms with E-state index in [1.165, 1.54) is 0 Å². The van der Waals surface area contributed by atoms with Gasteiger partial charge in [-0.05, 0) is 38.4 Å². The second kappa shape index (κ2) is 7.10. The number of imide groups is 1. The first-order chi connectivity index (χ1) is 10.6. The van der Waals surface area contributed by atoms with E-state index in [0.29, 0.717) is 17.7 Å². The predicted octanol–water partition coefficient (Wildman–Crippen LogP) is 0.881. The second-order valence-corrected chi connectivity index (χ2v) is 5.84. The van der Waals surface area contributed by atoms with Crippen LogP contribution in [0.15, 0.2) is 18.2 Å². The van der Waals surface area contributed by atoms with Crippen LogP contribution >= 0.6 is 12.4 Å². The van der Waals surface area contributed by atoms with Crippen LogP contribution in [-0.2, 0) is 4.79 Å². The Hall–Kier alpha value is -1.92. The Morgan fingerprint density at radius 1 is 1.30 bits per heavy atom. The van der Waals surface area contributed by atoms with Crippen molar-refractivity contribution in [1.29, 1.82) is 0 Å². The highest BCUT2D eigenvalue weighted by atomic mass is 35.5. The summed E-state index contributed by atoms with van der Waals surface area (Å²) >= 11 is 0. The van der Waals surface area contributed by atoms with Crippen molar-refractivity contribution in [2.75, 3.05) is 19.6 Å². The summed E-state index contributed by atoms with van der Waals surface area (Å²) in [5.74, 6) is -1.09. The molecule has 1 aromatic rings. The van der Waals surface area contributed by atoms with E-state index in [-0.39, 0.29) is 30.9 Å². The fourth-order valence-corrected chi connectivity index (χ4v) is 2.92. The van der Waals surface area contributed by atoms with Gasteiger partial charge in [-0.2, -0.15) is 0 Å². The van der Waals surface area contributed by atoms with Crippen molar-refractivity contribution >= 4 is 30.1 Å². The van der Waals surface area contributed by atoms with Gasteiger partial charge in [-0.3, -0.25) is 19.3 Å². The van der Waals surface area contributed by atoms with Crippen molar-refractivity contribution in [3.8, 4) is 0 Å². The molecule has 1 unspecified atom stereocenters. The molecule has 1 fully saturated rings. The molecule has 3 amide bonds. The number of carbonyl (C=O) groups excluding carboxylic acids is 3. The lowest BCUT2D eigenvalue weighted by Crippen LogP contribution is -2.44. The number of amides is 3. The molecule has 7 heteroatoms. The third kappa shape index (κ3) is 3.54. The van der Waals surface area contributed by atoms with E-state index in [1.54, 1.807) is 18.2 Å². The van der Waals surface area contributed by atoms with Crippen molar-refractivity contribution in [1.82, 2.24) is 15.5 Å². The molecule has 23 heavy (non-hydrogen) atoms. The zero-order chi connectivity index (χ0) is 15.7. The van der Waals surface area contributed by atoms with Gasteiger partial charge in [-0.25, -0.2) is 0 Å². The summed E-state index contributed by atoms with van der Waals surface area (Å²) in [5.41, 5.74) is 1.68. The second-order valence-electron chi connectivity index (χ2n) is 5.84. The van der Waals surface area contributed by atoms with E-state index < -0.39 is 11.8 Å². The van der Waals surface area contributed by atoms with Crippen LogP contribution in [0.3, 0.4) is 0 Å². The Bertz CT molecular complexity index is 641. The van der Waals surface area contributed by atoms with Crippen LogP contribution in [0.5, 0.6) is 0 Å². The zero-order valence-electron chi connectivity index (χ0n) is 12.9. The van der Waals surface area contributed by atoms with Crippen molar-refractivity contribution in [2.24, 2.45) is 0 Å². The van der Waals surface area contributed by atoms with Gasteiger partial charge in [0.1, 0.15) is 6.54 Å². The van der Waals surface area contributed by atoms with Crippen molar-refractivity contribution in [3.05, 3.63) is 34.9 Å². The lowest BCUT2D eigenvalue weighted by molar-refractivity contribution is -0.121. The minimum atomic E-state index is -0.394. The molecule has 3 rings (SSSR count). The number of rotatable bonds is 4. The summed E-state index contributed by atoms with van der Waals surface area (Å²) in [6.07, 6.45) is 2.14. The van der Waals surface area contributed by atoms with Gasteiger partial charge in [0.2, 0.25) is 5.91 Å². The SMILES string of the molecule is Cc1ccc2c(c1)C(=O)N(CC(=O)NCC1CCCN1)C2=O.Cl. The molecule has 1 atom stereocenters. The number of carbonyl (C=O) groups is 3. The van der Waals surface area contributed by atoms with Crippen LogP contribution in [0.2, 0.25) is 0 Å². The standard InChI is InChI=1S/C16H19N3O3.ClH/c1-10-4-5-12-13(7-10)16(22)19(15(12)21)9-14(20)18-8-11-3-2-6-17-11;/h4-5,7,11,17H,2-3,6,8-9H2,1H3,(H,18,20);1H. The average Bonchev–Trinajstić information content (AvgIpc) is 3.09. The molecule has 2 aliphatic heterocycles. The Morgan fingerprint density at radius 3 is 2.74 bits per heavy atom. The molecule has 0 bridgehead atoms. The van der Waals surface area contributed by atoms with Gasteiger partial charge in [0.05, 0.1) is 11.1 Å². The van der Waals surface area contributed by atoms with Crippen LogP contribution < -0.4 is 10.6 Å². The van der Waals surface area contributed by atoms with Crippen LogP contribution in [-0.4, -0.2) is 48.3 Å². The first kappa shape index (κ1) is 17.4. The van der Waals surface area contributed by atoms with Crippen LogP contribution in [0.1, 0.15) is 39.1 Å². The number of aryl methyl sites for hydroxylation is 1. The highest BCUT2D eigenvalue weighted by Crippen LogP contribution is 2.23. The fraction of sp³-hybridized carbons (Fsp3) is 0.438. The third-order valence-corrected chi connectivity index (χ3v) is 4.14. The molecule has 0 spiro atoms. The van der Waals surface area contributed by atoms with Crippen molar-refractivity contribution < 1.29 is 14.4 Å². The van der Waals surface area contributed by atoms with Gasteiger partial charge >= 0.3 is 0 Å². The summed E-state index contributed by atoms with van der Waals surface area (Å²) in [7, 11) is 0. The maximum Gasteiger partial charge on any atom is 0.262 e. The third-order valence-electron chi connectivity index (χ3n) is 4.14. The number of hydrogen-bond donors (Lipinski definition) is 2. The number of nitrogens with one attached hydrogen (secondary N) is 2. The van der Waals surface area contributed by atoms with Crippen molar-refractivity contribution in [2.45, 2.75) is 25.8 Å². The summed E-state index contributed by atoms with van der Waals surface area (Å²) in [6.45, 7) is 3.14. The summed E-state index contributed by atoms with van der Waals surface area (Å²) < 4.78 is 0. The zero-order valence-corrected chi connectivity index (χ0v) is 13.7. The lowest BCUT2D eigenvalue weighted by atomic mass is 10.1. The number of halogens is 1. The lowest BCUT2D eigenvalue weighted by Gasteiger charge is -2.15. The highest BCUT2D eigenvalue weighted by molar-refractivity contribution is 6.22. The maximum absolute atomic E-state index is 12.3. The minimum Gasteiger partial charge on any atom is -0.353 e. The highest BCUT2D eigenvalue weighted by Gasteiger charge is 2.36. The molecule has 124 valence electrons. The largest absolute Gasteiger partial charge is 0.353 e. The number of fused-ring (bicyclic) bond motifs is 1. The fourth-order valence-electron chi connectivity index (χ4n) is 2.92. The van der Waals surface area contributed by atoms with E-state index in [2.05, 4.69) is 10.6 Å². The molecule has 6 nitrogen and oxygen atoms in total. The molecule has 2 heterocycles. The number of benzene rings is 1. The van der Waals surface area contributed by atoms with E-state index in [9.17, 15) is 14.4 Å². The quantitative estimate of drug-likeness (QED) is 0.800. The molecular formula is C16H20ClN3O3.